The second-order valence-corrected chi connectivity index (χ2v) is 10.7. The number of carbonyl (C=O) groups is 1. The molecule has 174 valence electrons. The Kier molecular flexibility index (Phi) is 7.40. The van der Waals surface area contributed by atoms with Gasteiger partial charge in [0.15, 0.2) is 0 Å². The number of hydrogen-bond donors (Lipinski definition) is 1. The largest absolute Gasteiger partial charge is 0.325 e. The third kappa shape index (κ3) is 5.89. The van der Waals surface area contributed by atoms with Crippen LogP contribution in [0, 0.1) is 41.5 Å². The van der Waals surface area contributed by atoms with Gasteiger partial charge in [-0.15, -0.1) is 0 Å². The second kappa shape index (κ2) is 9.89. The molecule has 0 bridgehead atoms. The molecule has 0 atom stereocenters. The maximum Gasteiger partial charge on any atom is 0.244 e. The fourth-order valence-electron chi connectivity index (χ4n) is 4.13. The highest BCUT2D eigenvalue weighted by Gasteiger charge is 2.30. The summed E-state index contributed by atoms with van der Waals surface area (Å²) in [4.78, 5) is 13.3. The predicted octanol–water partition coefficient (Wildman–Crippen LogP) is 5.37. The average Bonchev–Trinajstić information content (AvgIpc) is 2.70. The number of aryl methyl sites for hydroxylation is 6. The Bertz CT molecular complexity index is 1260. The molecule has 3 aromatic carbocycles. The van der Waals surface area contributed by atoms with Crippen LogP contribution in [0.15, 0.2) is 59.5 Å². The van der Waals surface area contributed by atoms with Gasteiger partial charge in [-0.3, -0.25) is 4.79 Å². The molecule has 0 saturated carbocycles. The van der Waals surface area contributed by atoms with Gasteiger partial charge in [0.25, 0.3) is 0 Å². The number of anilines is 1. The monoisotopic (exact) mass is 464 g/mol. The highest BCUT2D eigenvalue weighted by Crippen LogP contribution is 2.27. The van der Waals surface area contributed by atoms with Gasteiger partial charge in [0.1, 0.15) is 0 Å². The van der Waals surface area contributed by atoms with E-state index in [1.54, 1.807) is 13.8 Å². The smallest absolute Gasteiger partial charge is 0.244 e. The van der Waals surface area contributed by atoms with Gasteiger partial charge in [-0.1, -0.05) is 65.2 Å². The molecular weight excluding hydrogens is 432 g/mol. The highest BCUT2D eigenvalue weighted by molar-refractivity contribution is 7.89. The van der Waals surface area contributed by atoms with E-state index < -0.39 is 10.0 Å². The number of rotatable bonds is 7. The lowest BCUT2D eigenvalue weighted by Gasteiger charge is -2.24. The lowest BCUT2D eigenvalue weighted by molar-refractivity contribution is -0.116. The molecule has 33 heavy (non-hydrogen) atoms. The fraction of sp³-hybridized carbons (Fsp3) is 0.296. The summed E-state index contributed by atoms with van der Waals surface area (Å²) in [6.45, 7) is 11.3. The average molecular weight is 465 g/mol. The summed E-state index contributed by atoms with van der Waals surface area (Å²) in [6, 6.07) is 17.1. The molecule has 0 aliphatic heterocycles. The third-order valence-electron chi connectivity index (χ3n) is 5.66. The Hall–Kier alpha value is -2.96. The molecule has 3 rings (SSSR count). The first-order valence-corrected chi connectivity index (χ1v) is 12.4. The first-order valence-electron chi connectivity index (χ1n) is 11.0. The van der Waals surface area contributed by atoms with Crippen LogP contribution in [0.25, 0.3) is 0 Å². The van der Waals surface area contributed by atoms with Crippen LogP contribution < -0.4 is 5.32 Å². The van der Waals surface area contributed by atoms with E-state index in [0.29, 0.717) is 16.8 Å². The van der Waals surface area contributed by atoms with Gasteiger partial charge in [0, 0.05) is 12.2 Å². The van der Waals surface area contributed by atoms with Gasteiger partial charge in [-0.2, -0.15) is 4.31 Å². The van der Waals surface area contributed by atoms with E-state index in [9.17, 15) is 13.2 Å². The maximum atomic E-state index is 13.8. The van der Waals surface area contributed by atoms with Crippen molar-refractivity contribution in [2.75, 3.05) is 11.9 Å². The minimum absolute atomic E-state index is 0.107. The van der Waals surface area contributed by atoms with Crippen LogP contribution in [0.2, 0.25) is 0 Å². The summed E-state index contributed by atoms with van der Waals surface area (Å²) in [6.07, 6.45) is 0. The van der Waals surface area contributed by atoms with Gasteiger partial charge >= 0.3 is 0 Å². The zero-order valence-corrected chi connectivity index (χ0v) is 21.0. The molecule has 1 N–H and O–H groups in total. The van der Waals surface area contributed by atoms with Crippen molar-refractivity contribution >= 4 is 21.6 Å². The zero-order valence-electron chi connectivity index (χ0n) is 20.2. The van der Waals surface area contributed by atoms with Crippen molar-refractivity contribution in [3.8, 4) is 0 Å². The standard InChI is InChI=1S/C27H32N2O3S/c1-18-7-10-24(11-8-18)16-29(17-26(30)28-25-12-9-19(2)13-21(25)4)33(31,32)27-22(5)14-20(3)15-23(27)6/h7-15H,16-17H2,1-6H3,(H,28,30). The molecule has 5 nitrogen and oxygen atoms in total. The fourth-order valence-corrected chi connectivity index (χ4v) is 5.93. The molecule has 3 aromatic rings. The number of amides is 1. The Labute approximate surface area is 197 Å². The Morgan fingerprint density at radius 2 is 1.30 bits per heavy atom. The summed E-state index contributed by atoms with van der Waals surface area (Å²) < 4.78 is 28.9. The van der Waals surface area contributed by atoms with E-state index >= 15 is 0 Å². The minimum Gasteiger partial charge on any atom is -0.325 e. The molecule has 1 amide bonds. The van der Waals surface area contributed by atoms with E-state index in [0.717, 1.165) is 27.8 Å². The van der Waals surface area contributed by atoms with Gasteiger partial charge < -0.3 is 5.32 Å². The SMILES string of the molecule is Cc1ccc(CN(CC(=O)Nc2ccc(C)cc2C)S(=O)(=O)c2c(C)cc(C)cc2C)cc1. The maximum absolute atomic E-state index is 13.8. The molecule has 0 spiro atoms. The molecule has 0 heterocycles. The summed E-state index contributed by atoms with van der Waals surface area (Å²) in [5.74, 6) is -0.375. The Morgan fingerprint density at radius 3 is 1.88 bits per heavy atom. The molecule has 0 saturated heterocycles. The van der Waals surface area contributed by atoms with Crippen molar-refractivity contribution in [1.82, 2.24) is 4.31 Å². The second-order valence-electron chi connectivity index (χ2n) is 8.85. The van der Waals surface area contributed by atoms with Crippen LogP contribution in [0.5, 0.6) is 0 Å². The summed E-state index contributed by atoms with van der Waals surface area (Å²) in [5.41, 5.74) is 6.98. The van der Waals surface area contributed by atoms with Gasteiger partial charge in [-0.05, 0) is 69.9 Å². The van der Waals surface area contributed by atoms with Crippen molar-refractivity contribution < 1.29 is 13.2 Å². The summed E-state index contributed by atoms with van der Waals surface area (Å²) >= 11 is 0. The number of hydrogen-bond acceptors (Lipinski definition) is 3. The molecule has 6 heteroatoms. The molecule has 0 fully saturated rings. The van der Waals surface area contributed by atoms with E-state index in [1.165, 1.54) is 4.31 Å². The predicted molar refractivity (Wildman–Crippen MR) is 134 cm³/mol. The van der Waals surface area contributed by atoms with Gasteiger partial charge in [0.05, 0.1) is 11.4 Å². The number of carbonyl (C=O) groups excluding carboxylic acids is 1. The first-order chi connectivity index (χ1) is 15.5. The van der Waals surface area contributed by atoms with Crippen LogP contribution in [-0.2, 0) is 21.4 Å². The van der Waals surface area contributed by atoms with Crippen molar-refractivity contribution in [1.29, 1.82) is 0 Å². The van der Waals surface area contributed by atoms with Crippen LogP contribution >= 0.6 is 0 Å². The molecule has 0 radical (unpaired) electrons. The minimum atomic E-state index is -3.92. The number of nitrogens with zero attached hydrogens (tertiary/aromatic N) is 1. The third-order valence-corrected chi connectivity index (χ3v) is 7.76. The van der Waals surface area contributed by atoms with E-state index in [-0.39, 0.29) is 23.9 Å². The highest BCUT2D eigenvalue weighted by atomic mass is 32.2. The Balaban J connectivity index is 1.97. The Morgan fingerprint density at radius 1 is 0.758 bits per heavy atom. The molecule has 0 aromatic heterocycles. The number of sulfonamides is 1. The lowest BCUT2D eigenvalue weighted by atomic mass is 10.1. The normalized spacial score (nSPS) is 11.6. The first kappa shape index (κ1) is 24.7. The van der Waals surface area contributed by atoms with Crippen LogP contribution in [0.1, 0.15) is 38.9 Å². The van der Waals surface area contributed by atoms with E-state index in [4.69, 9.17) is 0 Å². The quantitative estimate of drug-likeness (QED) is 0.511. The van der Waals surface area contributed by atoms with E-state index in [1.807, 2.05) is 82.3 Å². The van der Waals surface area contributed by atoms with Gasteiger partial charge in [0.2, 0.25) is 15.9 Å². The number of nitrogens with one attached hydrogen (secondary N) is 1. The summed E-state index contributed by atoms with van der Waals surface area (Å²) in [7, 11) is -3.92. The van der Waals surface area contributed by atoms with Crippen molar-refractivity contribution in [3.05, 3.63) is 93.5 Å². The van der Waals surface area contributed by atoms with E-state index in [2.05, 4.69) is 5.32 Å². The van der Waals surface area contributed by atoms with Crippen LogP contribution in [0.3, 0.4) is 0 Å². The van der Waals surface area contributed by atoms with Crippen molar-refractivity contribution in [3.63, 3.8) is 0 Å². The molecular formula is C27H32N2O3S. The molecule has 0 aliphatic rings. The molecule has 0 aliphatic carbocycles. The topological polar surface area (TPSA) is 66.5 Å². The van der Waals surface area contributed by atoms with Crippen molar-refractivity contribution in [2.45, 2.75) is 53.0 Å². The van der Waals surface area contributed by atoms with Crippen LogP contribution in [0.4, 0.5) is 5.69 Å². The van der Waals surface area contributed by atoms with Crippen LogP contribution in [-0.4, -0.2) is 25.2 Å². The molecule has 0 unspecified atom stereocenters. The van der Waals surface area contributed by atoms with Crippen molar-refractivity contribution in [2.24, 2.45) is 0 Å². The number of benzene rings is 3. The summed E-state index contributed by atoms with van der Waals surface area (Å²) in [5, 5.41) is 2.88. The zero-order chi connectivity index (χ0) is 24.3. The van der Waals surface area contributed by atoms with Gasteiger partial charge in [-0.25, -0.2) is 8.42 Å². The lowest BCUT2D eigenvalue weighted by Crippen LogP contribution is -2.38.